The minimum absolute atomic E-state index is 0.107. The number of halogens is 6. The Bertz CT molecular complexity index is 944. The number of fused-ring (bicyclic) bond motifs is 1. The Kier molecular flexibility index (Phi) is 4.88. The fourth-order valence-corrected chi connectivity index (χ4v) is 3.31. The highest BCUT2D eigenvalue weighted by Crippen LogP contribution is 2.42. The Hall–Kier alpha value is -1.86. The van der Waals surface area contributed by atoms with Crippen LogP contribution in [0.1, 0.15) is 11.1 Å². The van der Waals surface area contributed by atoms with Crippen LogP contribution in [0.4, 0.5) is 23.4 Å². The first-order valence-corrected chi connectivity index (χ1v) is 8.27. The van der Waals surface area contributed by atoms with Gasteiger partial charge >= 0.3 is 6.18 Å². The third kappa shape index (κ3) is 3.72. The van der Waals surface area contributed by atoms with Crippen LogP contribution in [0.25, 0.3) is 10.9 Å². The summed E-state index contributed by atoms with van der Waals surface area (Å²) in [6.07, 6.45) is -4.63. The van der Waals surface area contributed by atoms with Gasteiger partial charge in [-0.25, -0.2) is 9.37 Å². The van der Waals surface area contributed by atoms with Crippen LogP contribution in [0.3, 0.4) is 0 Å². The van der Waals surface area contributed by atoms with Crippen molar-refractivity contribution in [2.45, 2.75) is 12.7 Å². The summed E-state index contributed by atoms with van der Waals surface area (Å²) in [5, 5.41) is 3.14. The van der Waals surface area contributed by atoms with Gasteiger partial charge in [0.15, 0.2) is 0 Å². The van der Waals surface area contributed by atoms with E-state index in [2.05, 4.69) is 26.2 Å². The maximum absolute atomic E-state index is 13.8. The van der Waals surface area contributed by atoms with Crippen molar-refractivity contribution >= 4 is 44.3 Å². The molecular formula is C17H10BrClF4N2. The molecule has 0 atom stereocenters. The Morgan fingerprint density at radius 1 is 1.12 bits per heavy atom. The summed E-state index contributed by atoms with van der Waals surface area (Å²) < 4.78 is 54.2. The number of nitrogens with zero attached hydrogens (tertiary/aromatic N) is 1. The molecule has 0 saturated heterocycles. The minimum Gasteiger partial charge on any atom is -0.365 e. The minimum atomic E-state index is -4.63. The lowest BCUT2D eigenvalue weighted by Gasteiger charge is -2.17. The Morgan fingerprint density at radius 3 is 2.52 bits per heavy atom. The average molecular weight is 434 g/mol. The average Bonchev–Trinajstić information content (AvgIpc) is 2.53. The van der Waals surface area contributed by atoms with Crippen LogP contribution in [0.2, 0.25) is 5.02 Å². The SMILES string of the molecule is Fc1cc(Cl)ccc1CNc1nc2ccccc2c(Br)c1C(F)(F)F. The molecule has 2 nitrogen and oxygen atoms in total. The third-order valence-corrected chi connectivity index (χ3v) is 4.63. The molecule has 1 aromatic heterocycles. The van der Waals surface area contributed by atoms with Gasteiger partial charge in [-0.3, -0.25) is 0 Å². The number of pyridine rings is 1. The van der Waals surface area contributed by atoms with Crippen LogP contribution in [0.5, 0.6) is 0 Å². The van der Waals surface area contributed by atoms with Gasteiger partial charge in [0, 0.05) is 27.0 Å². The summed E-state index contributed by atoms with van der Waals surface area (Å²) in [7, 11) is 0. The zero-order valence-electron chi connectivity index (χ0n) is 12.5. The van der Waals surface area contributed by atoms with Crippen molar-refractivity contribution in [3.63, 3.8) is 0 Å². The monoisotopic (exact) mass is 432 g/mol. The highest BCUT2D eigenvalue weighted by atomic mass is 79.9. The lowest BCUT2D eigenvalue weighted by Crippen LogP contribution is -2.14. The first kappa shape index (κ1) is 17.9. The molecule has 0 aliphatic rings. The first-order valence-electron chi connectivity index (χ1n) is 7.10. The van der Waals surface area contributed by atoms with Crippen LogP contribution in [-0.2, 0) is 12.7 Å². The largest absolute Gasteiger partial charge is 0.421 e. The summed E-state index contributed by atoms with van der Waals surface area (Å²) in [5.74, 6) is -0.971. The van der Waals surface area contributed by atoms with Crippen molar-refractivity contribution in [3.8, 4) is 0 Å². The molecule has 25 heavy (non-hydrogen) atoms. The third-order valence-electron chi connectivity index (χ3n) is 3.57. The van der Waals surface area contributed by atoms with Gasteiger partial charge in [-0.1, -0.05) is 35.9 Å². The van der Waals surface area contributed by atoms with Crippen molar-refractivity contribution in [2.75, 3.05) is 5.32 Å². The fourth-order valence-electron chi connectivity index (χ4n) is 2.40. The number of alkyl halides is 3. The zero-order valence-corrected chi connectivity index (χ0v) is 14.8. The van der Waals surface area contributed by atoms with E-state index < -0.39 is 17.6 Å². The molecule has 0 bridgehead atoms. The first-order chi connectivity index (χ1) is 11.8. The molecule has 8 heteroatoms. The van der Waals surface area contributed by atoms with Gasteiger partial charge in [0.1, 0.15) is 17.2 Å². The van der Waals surface area contributed by atoms with Gasteiger partial charge in [-0.05, 0) is 34.1 Å². The summed E-state index contributed by atoms with van der Waals surface area (Å²) in [6, 6.07) is 10.4. The van der Waals surface area contributed by atoms with E-state index in [1.807, 2.05) is 0 Å². The standard InChI is InChI=1S/C17H10BrClF4N2/c18-15-11-3-1-2-4-13(11)25-16(14(15)17(21,22)23)24-8-9-5-6-10(19)7-12(9)20/h1-7H,8H2,(H,24,25). The molecule has 2 aromatic carbocycles. The Morgan fingerprint density at radius 2 is 1.84 bits per heavy atom. The van der Waals surface area contributed by atoms with Crippen LogP contribution < -0.4 is 5.32 Å². The predicted octanol–water partition coefficient (Wildman–Crippen LogP) is 6.42. The summed E-state index contributed by atoms with van der Waals surface area (Å²) in [6.45, 7) is -0.163. The zero-order chi connectivity index (χ0) is 18.2. The number of hydrogen-bond acceptors (Lipinski definition) is 2. The second-order valence-electron chi connectivity index (χ2n) is 5.25. The smallest absolute Gasteiger partial charge is 0.365 e. The highest BCUT2D eigenvalue weighted by Gasteiger charge is 2.38. The summed E-state index contributed by atoms with van der Waals surface area (Å²) in [4.78, 5) is 4.06. The second kappa shape index (κ2) is 6.80. The number of anilines is 1. The maximum atomic E-state index is 13.8. The molecule has 1 heterocycles. The van der Waals surface area contributed by atoms with Crippen molar-refractivity contribution in [3.05, 3.63) is 68.9 Å². The van der Waals surface area contributed by atoms with Crippen molar-refractivity contribution < 1.29 is 17.6 Å². The van der Waals surface area contributed by atoms with E-state index in [0.29, 0.717) is 10.9 Å². The number of rotatable bonds is 3. The van der Waals surface area contributed by atoms with Gasteiger partial charge in [0.2, 0.25) is 0 Å². The van der Waals surface area contributed by atoms with Gasteiger partial charge in [0.25, 0.3) is 0 Å². The van der Waals surface area contributed by atoms with Crippen LogP contribution in [-0.4, -0.2) is 4.98 Å². The van der Waals surface area contributed by atoms with Crippen molar-refractivity contribution in [1.82, 2.24) is 4.98 Å². The topological polar surface area (TPSA) is 24.9 Å². The molecular weight excluding hydrogens is 424 g/mol. The van der Waals surface area contributed by atoms with Gasteiger partial charge in [0.05, 0.1) is 5.52 Å². The molecule has 0 amide bonds. The summed E-state index contributed by atoms with van der Waals surface area (Å²) >= 11 is 8.70. The number of para-hydroxylation sites is 1. The maximum Gasteiger partial charge on any atom is 0.421 e. The molecule has 3 aromatic rings. The van der Waals surface area contributed by atoms with Crippen molar-refractivity contribution in [2.24, 2.45) is 0 Å². The van der Waals surface area contributed by atoms with Gasteiger partial charge < -0.3 is 5.32 Å². The van der Waals surface area contributed by atoms with E-state index >= 15 is 0 Å². The van der Waals surface area contributed by atoms with E-state index in [9.17, 15) is 17.6 Å². The molecule has 130 valence electrons. The number of nitrogens with one attached hydrogen (secondary N) is 1. The van der Waals surface area contributed by atoms with Gasteiger partial charge in [-0.2, -0.15) is 13.2 Å². The molecule has 1 N–H and O–H groups in total. The number of hydrogen-bond donors (Lipinski definition) is 1. The van der Waals surface area contributed by atoms with E-state index in [1.165, 1.54) is 12.1 Å². The number of aromatic nitrogens is 1. The molecule has 0 saturated carbocycles. The molecule has 0 unspecified atom stereocenters. The van der Waals surface area contributed by atoms with Crippen LogP contribution >= 0.6 is 27.5 Å². The lowest BCUT2D eigenvalue weighted by molar-refractivity contribution is -0.137. The van der Waals surface area contributed by atoms with E-state index in [0.717, 1.165) is 6.07 Å². The fraction of sp³-hybridized carbons (Fsp3) is 0.118. The van der Waals surface area contributed by atoms with Gasteiger partial charge in [-0.15, -0.1) is 0 Å². The quantitative estimate of drug-likeness (QED) is 0.482. The van der Waals surface area contributed by atoms with Crippen LogP contribution in [0, 0.1) is 5.82 Å². The van der Waals surface area contributed by atoms with E-state index in [4.69, 9.17) is 11.6 Å². The second-order valence-corrected chi connectivity index (χ2v) is 6.48. The number of benzene rings is 2. The van der Waals surface area contributed by atoms with Crippen molar-refractivity contribution in [1.29, 1.82) is 0 Å². The van der Waals surface area contributed by atoms with E-state index in [-0.39, 0.29) is 27.4 Å². The Labute approximate surface area is 154 Å². The molecule has 0 fully saturated rings. The molecule has 0 aliphatic carbocycles. The van der Waals surface area contributed by atoms with E-state index in [1.54, 1.807) is 24.3 Å². The predicted molar refractivity (Wildman–Crippen MR) is 93.2 cm³/mol. The van der Waals surface area contributed by atoms with Crippen LogP contribution in [0.15, 0.2) is 46.9 Å². The Balaban J connectivity index is 2.05. The molecule has 0 radical (unpaired) electrons. The molecule has 0 spiro atoms. The molecule has 0 aliphatic heterocycles. The normalized spacial score (nSPS) is 11.8. The molecule has 3 rings (SSSR count). The lowest BCUT2D eigenvalue weighted by atomic mass is 10.1. The summed E-state index contributed by atoms with van der Waals surface area (Å²) in [5.41, 5.74) is -0.356. The highest BCUT2D eigenvalue weighted by molar-refractivity contribution is 9.10.